The molecule has 5 aliphatic heterocycles. The Hall–Kier alpha value is -12.6. The van der Waals surface area contributed by atoms with Crippen molar-refractivity contribution in [3.63, 3.8) is 0 Å². The number of likely N-dealkylation sites (tertiary alicyclic amines) is 1. The summed E-state index contributed by atoms with van der Waals surface area (Å²) in [6, 6.07) is 29.2. The Bertz CT molecular complexity index is 6770. The van der Waals surface area contributed by atoms with Gasteiger partial charge in [0.2, 0.25) is 5.91 Å². The summed E-state index contributed by atoms with van der Waals surface area (Å²) < 4.78 is 179. The zero-order valence-corrected chi connectivity index (χ0v) is 85.3. The van der Waals surface area contributed by atoms with Crippen LogP contribution in [0.15, 0.2) is 160 Å². The van der Waals surface area contributed by atoms with Crippen molar-refractivity contribution in [1.29, 1.82) is 0 Å². The van der Waals surface area contributed by atoms with Gasteiger partial charge in [0.1, 0.15) is 63.9 Å². The van der Waals surface area contributed by atoms with Crippen molar-refractivity contribution in [3.8, 4) is 11.3 Å². The van der Waals surface area contributed by atoms with Crippen molar-refractivity contribution in [2.24, 2.45) is 29.1 Å². The summed E-state index contributed by atoms with van der Waals surface area (Å²) in [6.07, 6.45) is 9.18. The van der Waals surface area contributed by atoms with E-state index >= 15 is 0 Å². The van der Waals surface area contributed by atoms with Crippen molar-refractivity contribution in [3.05, 3.63) is 196 Å². The van der Waals surface area contributed by atoms with E-state index < -0.39 is 108 Å². The highest BCUT2D eigenvalue weighted by Crippen LogP contribution is 2.47. The minimum Gasteiger partial charge on any atom is -0.384 e. The zero-order chi connectivity index (χ0) is 104. The Morgan fingerprint density at radius 2 is 0.809 bits per heavy atom. The van der Waals surface area contributed by atoms with Crippen LogP contribution in [0.25, 0.3) is 17.3 Å². The molecule has 6 aliphatic rings. The predicted molar refractivity (Wildman–Crippen MR) is 530 cm³/mol. The average molecular weight is 2030 g/mol. The van der Waals surface area contributed by atoms with E-state index in [2.05, 4.69) is 131 Å². The third kappa shape index (κ3) is 25.8. The molecule has 0 radical (unpaired) electrons. The lowest BCUT2D eigenvalue weighted by molar-refractivity contribution is -0.141. The van der Waals surface area contributed by atoms with Crippen LogP contribution in [0.2, 0.25) is 0 Å². The number of pyridine rings is 8. The van der Waals surface area contributed by atoms with Crippen molar-refractivity contribution >= 4 is 122 Å². The van der Waals surface area contributed by atoms with Crippen LogP contribution in [0.1, 0.15) is 252 Å². The number of aromatic nitrogens is 8. The molecule has 15 rings (SSSR count). The number of allylic oxidation sites excluding steroid dienone is 1. The van der Waals surface area contributed by atoms with Gasteiger partial charge in [-0.05, 0) is 245 Å². The molecule has 13 heterocycles. The Balaban J connectivity index is 0.000000168. The molecule has 1 aliphatic carbocycles. The van der Waals surface area contributed by atoms with E-state index in [1.807, 2.05) is 66.9 Å². The molecule has 141 heavy (non-hydrogen) atoms. The summed E-state index contributed by atoms with van der Waals surface area (Å²) >= 11 is 0. The number of benzene rings is 1. The van der Waals surface area contributed by atoms with Crippen molar-refractivity contribution in [1.82, 2.24) is 63.7 Å². The average Bonchev–Trinajstić information content (AvgIpc) is 1.69. The summed E-state index contributed by atoms with van der Waals surface area (Å²) in [7, 11) is -17.2. The first kappa shape index (κ1) is 107. The number of sulfonamides is 4. The molecule has 0 bridgehead atoms. The Kier molecular flexibility index (Phi) is 31.3. The predicted octanol–water partition coefficient (Wildman–Crippen LogP) is 14.8. The monoisotopic (exact) mass is 2030 g/mol. The highest BCUT2D eigenvalue weighted by atomic mass is 32.2. The number of piperidine rings is 1. The number of amides is 5. The molecule has 3 atom stereocenters. The minimum atomic E-state index is -4.74. The van der Waals surface area contributed by atoms with Crippen LogP contribution in [-0.2, 0) is 56.5 Å². The minimum absolute atomic E-state index is 0.000257. The van der Waals surface area contributed by atoms with Crippen molar-refractivity contribution < 1.29 is 79.6 Å². The van der Waals surface area contributed by atoms with Crippen LogP contribution in [0.3, 0.4) is 0 Å². The fourth-order valence-electron chi connectivity index (χ4n) is 19.7. The Morgan fingerprint density at radius 3 is 1.16 bits per heavy atom. The number of carbonyl (C=O) groups excluding carboxylic acids is 5. The van der Waals surface area contributed by atoms with E-state index in [1.54, 1.807) is 24.0 Å². The maximum Gasteiger partial charge on any atom is 0.433 e. The van der Waals surface area contributed by atoms with E-state index in [1.165, 1.54) is 91.7 Å². The molecule has 758 valence electrons. The molecule has 1 saturated carbocycles. The smallest absolute Gasteiger partial charge is 0.384 e. The first-order valence-electron chi connectivity index (χ1n) is 46.3. The summed E-state index contributed by atoms with van der Waals surface area (Å²) in [5.74, 6) is -2.27. The molecule has 8 aromatic heterocycles. The SMILES string of the molecule is CC(=O)N1CCC(c2ccc(C(=O)NS(=O)(=O)c3cccc(N)n3)c(N3C[C@@H](C)CC3(C)C)n2)CC1.CC1(C)CN(c2nc(C(F)(F)F)ccc2C(=O)NS(=O)(=O)c2cccc(N)n2)C(C)(C)C1.C[C@@H]1CN(c2nc(-c3cc(F)cc(F)c3)ccc2C(=O)NS(=O)(=O)c2cccc(N)n2)C(C)(C)C1.C[C@@H]1CN(c2nc(C(C)(C)C)c(/C=C/C3CCCC3)cc2C(=O)NS(=O)(=O)c2cccc(N)n2)C(C)(C)C1. The topological polar surface area (TPSA) is 493 Å². The third-order valence-corrected chi connectivity index (χ3v) is 30.5. The van der Waals surface area contributed by atoms with Gasteiger partial charge in [0.05, 0.1) is 33.6 Å². The van der Waals surface area contributed by atoms with Gasteiger partial charge in [0, 0.05) is 97.0 Å². The highest BCUT2D eigenvalue weighted by Gasteiger charge is 2.48. The normalized spacial score (nSPS) is 19.1. The second-order valence-electron chi connectivity index (χ2n) is 41.4. The maximum atomic E-state index is 13.8. The molecule has 43 heteroatoms. The van der Waals surface area contributed by atoms with E-state index in [4.69, 9.17) is 32.9 Å². The van der Waals surface area contributed by atoms with Gasteiger partial charge in [0.25, 0.3) is 63.7 Å². The van der Waals surface area contributed by atoms with Gasteiger partial charge in [-0.3, -0.25) is 24.0 Å². The number of carbonyl (C=O) groups is 5. The van der Waals surface area contributed by atoms with Crippen LogP contribution in [0.5, 0.6) is 0 Å². The largest absolute Gasteiger partial charge is 0.433 e. The Morgan fingerprint density at radius 1 is 0.440 bits per heavy atom. The number of alkyl halides is 3. The van der Waals surface area contributed by atoms with Gasteiger partial charge < -0.3 is 47.4 Å². The van der Waals surface area contributed by atoms with Gasteiger partial charge in [-0.2, -0.15) is 46.8 Å². The molecule has 0 spiro atoms. The molecule has 1 aromatic carbocycles. The lowest BCUT2D eigenvalue weighted by atomic mass is 9.86. The standard InChI is InChI=1S/C29H41N5O3S.C25H34N6O4S.C24H25F2N5O3S.C20H24F3N5O3S/c1-19-17-29(5,6)34(18-19)26-22(27(35)33-38(36,37)24-13-9-12-23(30)31-24)16-21(25(32-26)28(2,3)4)15-14-20-10-7-8-11-20;1-16-14-25(3,4)31(15-16)23-19(24(33)29-36(34,35)22-7-5-6-21(26)28-22)8-9-20(27-23)18-10-12-30(13-11-18)17(2)32;1-14-12-24(2,3)31(13-14)22-18(7-8-19(28-22)15-9-16(25)11-17(26)10-15)23(32)30-35(33,34)21-6-4-5-20(27)29-21;1-18(2)10-19(3,4)28(11-18)16-12(8-9-13(25-16)20(21,22)23)17(29)27-32(30,31)15-7-5-6-14(24)26-15/h9,12-16,19-20H,7-8,10-11,17-18H2,1-6H3,(H2,30,31)(H,33,35);5-9,16,18H,10-15H2,1-4H3,(H2,26,28)(H,29,33);4-11,14H,12-13H2,1-3H3,(H2,27,29)(H,30,32);5-9H,10-11H2,1-4H3,(H2,24,26)(H,27,29)/b15-14+;;;/t19-;16-;14-;/m000./s1. The number of anilines is 8. The third-order valence-electron chi connectivity index (χ3n) is 25.6. The molecular weight excluding hydrogens is 1900 g/mol. The quantitative estimate of drug-likeness (QED) is 0.0329. The van der Waals surface area contributed by atoms with Crippen LogP contribution in [0.4, 0.5) is 68.5 Å². The van der Waals surface area contributed by atoms with Gasteiger partial charge in [-0.1, -0.05) is 105 Å². The Labute approximate surface area is 820 Å². The van der Waals surface area contributed by atoms with Crippen LogP contribution in [0, 0.1) is 40.7 Å². The zero-order valence-electron chi connectivity index (χ0n) is 82.0. The molecule has 5 saturated heterocycles. The van der Waals surface area contributed by atoms with E-state index in [0.717, 1.165) is 98.8 Å². The molecule has 12 N–H and O–H groups in total. The molecule has 5 amide bonds. The van der Waals surface area contributed by atoms with Crippen LogP contribution in [-0.4, -0.2) is 169 Å². The van der Waals surface area contributed by atoms with Gasteiger partial charge in [0.15, 0.2) is 20.1 Å². The summed E-state index contributed by atoms with van der Waals surface area (Å²) in [5.41, 5.74) is 22.3. The lowest BCUT2D eigenvalue weighted by Crippen LogP contribution is -2.41. The second-order valence-corrected chi connectivity index (χ2v) is 47.9. The number of nitrogen functional groups attached to an aromatic ring is 4. The number of hydrogen-bond acceptors (Lipinski definition) is 29. The van der Waals surface area contributed by atoms with E-state index in [-0.39, 0.29) is 118 Å². The first-order valence-corrected chi connectivity index (χ1v) is 52.2. The van der Waals surface area contributed by atoms with Crippen LogP contribution < -0.4 is 61.4 Å². The van der Waals surface area contributed by atoms with E-state index in [9.17, 15) is 79.6 Å². The van der Waals surface area contributed by atoms with Gasteiger partial charge >= 0.3 is 6.18 Å². The number of hydrogen-bond donors (Lipinski definition) is 8. The van der Waals surface area contributed by atoms with Gasteiger partial charge in [-0.25, -0.2) is 67.5 Å². The number of nitrogens with one attached hydrogen (secondary N) is 4. The van der Waals surface area contributed by atoms with Crippen molar-refractivity contribution in [2.45, 2.75) is 242 Å². The fourth-order valence-corrected chi connectivity index (χ4v) is 23.5. The summed E-state index contributed by atoms with van der Waals surface area (Å²) in [6.45, 7) is 38.0. The molecule has 9 aromatic rings. The van der Waals surface area contributed by atoms with Gasteiger partial charge in [-0.15, -0.1) is 0 Å². The molecule has 34 nitrogen and oxygen atoms in total. The number of halogens is 5. The number of nitrogens with zero attached hydrogens (tertiary/aromatic N) is 13. The first-order chi connectivity index (χ1) is 65.4. The molecule has 0 unspecified atom stereocenters. The number of nitrogens with two attached hydrogens (primary N) is 4. The molecular formula is C98H124F5N21O13S4. The highest BCUT2D eigenvalue weighted by molar-refractivity contribution is 7.90. The van der Waals surface area contributed by atoms with E-state index in [0.29, 0.717) is 74.6 Å². The summed E-state index contributed by atoms with van der Waals surface area (Å²) in [4.78, 5) is 108. The maximum absolute atomic E-state index is 13.8. The lowest BCUT2D eigenvalue weighted by Gasteiger charge is -2.35. The second kappa shape index (κ2) is 41.1. The van der Waals surface area contributed by atoms with Crippen molar-refractivity contribution in [2.75, 3.05) is 81.8 Å². The summed E-state index contributed by atoms with van der Waals surface area (Å²) in [5, 5.41) is -1.52. The fraction of sp³-hybridized carbons (Fsp3) is 0.459. The van der Waals surface area contributed by atoms with Crippen LogP contribution >= 0.6 is 0 Å². The number of rotatable bonds is 20. The molecule has 6 fully saturated rings.